The van der Waals surface area contributed by atoms with Crippen LogP contribution in [0.4, 0.5) is 13.2 Å². The molecule has 0 amide bonds. The van der Waals surface area contributed by atoms with Crippen molar-refractivity contribution in [1.29, 1.82) is 0 Å². The van der Waals surface area contributed by atoms with Crippen molar-refractivity contribution in [3.8, 4) is 11.5 Å². The van der Waals surface area contributed by atoms with Crippen LogP contribution in [-0.4, -0.2) is 20.4 Å². The van der Waals surface area contributed by atoms with E-state index < -0.39 is 18.6 Å². The minimum Gasteiger partial charge on any atom is -0.496 e. The highest BCUT2D eigenvalue weighted by atomic mass is 19.4. The lowest BCUT2D eigenvalue weighted by Gasteiger charge is -2.20. The maximum atomic E-state index is 12.4. The number of rotatable bonds is 4. The lowest BCUT2D eigenvalue weighted by atomic mass is 10.00. The fourth-order valence-electron chi connectivity index (χ4n) is 1.79. The number of halogens is 3. The summed E-state index contributed by atoms with van der Waals surface area (Å²) in [5.41, 5.74) is 6.67. The Hall–Kier alpha value is -1.43. The monoisotopic (exact) mass is 263 g/mol. The third kappa shape index (κ3) is 3.53. The molecule has 6 heteroatoms. The summed E-state index contributed by atoms with van der Waals surface area (Å²) in [5, 5.41) is 0. The van der Waals surface area contributed by atoms with E-state index in [2.05, 4.69) is 0 Å². The van der Waals surface area contributed by atoms with Gasteiger partial charge in [0.15, 0.2) is 0 Å². The summed E-state index contributed by atoms with van der Waals surface area (Å²) in [5.74, 6) is 0.618. The van der Waals surface area contributed by atoms with Crippen molar-refractivity contribution in [1.82, 2.24) is 0 Å². The molecule has 0 bridgehead atoms. The van der Waals surface area contributed by atoms with Gasteiger partial charge < -0.3 is 15.2 Å². The second-order valence-corrected chi connectivity index (χ2v) is 4.01. The van der Waals surface area contributed by atoms with E-state index in [0.29, 0.717) is 11.5 Å². The van der Waals surface area contributed by atoms with Crippen molar-refractivity contribution in [3.63, 3.8) is 0 Å². The molecule has 1 rings (SSSR count). The molecule has 1 aromatic rings. The largest absolute Gasteiger partial charge is 0.496 e. The van der Waals surface area contributed by atoms with Crippen LogP contribution < -0.4 is 15.2 Å². The van der Waals surface area contributed by atoms with E-state index in [4.69, 9.17) is 15.2 Å². The van der Waals surface area contributed by atoms with E-state index in [9.17, 15) is 13.2 Å². The van der Waals surface area contributed by atoms with Crippen LogP contribution in [0.25, 0.3) is 0 Å². The SMILES string of the molecule is COc1cc(C)cc(OC)c1[C@@H](N)CC(F)(F)F. The van der Waals surface area contributed by atoms with Crippen LogP contribution in [-0.2, 0) is 0 Å². The van der Waals surface area contributed by atoms with Crippen molar-refractivity contribution in [2.24, 2.45) is 5.73 Å². The Labute approximate surface area is 104 Å². The van der Waals surface area contributed by atoms with Gasteiger partial charge in [-0.2, -0.15) is 13.2 Å². The smallest absolute Gasteiger partial charge is 0.390 e. The maximum absolute atomic E-state index is 12.4. The highest BCUT2D eigenvalue weighted by Gasteiger charge is 2.33. The zero-order valence-electron chi connectivity index (χ0n) is 10.5. The fraction of sp³-hybridized carbons (Fsp3) is 0.500. The molecule has 0 aliphatic carbocycles. The van der Waals surface area contributed by atoms with Crippen LogP contribution in [0.5, 0.6) is 11.5 Å². The summed E-state index contributed by atoms with van der Waals surface area (Å²) >= 11 is 0. The summed E-state index contributed by atoms with van der Waals surface area (Å²) in [6.45, 7) is 1.80. The van der Waals surface area contributed by atoms with Gasteiger partial charge in [0.05, 0.1) is 26.2 Å². The number of hydrogen-bond donors (Lipinski definition) is 1. The summed E-state index contributed by atoms with van der Waals surface area (Å²) in [7, 11) is 2.77. The summed E-state index contributed by atoms with van der Waals surface area (Å²) in [4.78, 5) is 0. The lowest BCUT2D eigenvalue weighted by Crippen LogP contribution is -2.21. The predicted octanol–water partition coefficient (Wildman–Crippen LogP) is 2.96. The van der Waals surface area contributed by atoms with Gasteiger partial charge in [0.2, 0.25) is 0 Å². The Bertz CT molecular complexity index is 393. The Balaban J connectivity index is 3.20. The van der Waals surface area contributed by atoms with Crippen LogP contribution >= 0.6 is 0 Å². The van der Waals surface area contributed by atoms with Gasteiger partial charge >= 0.3 is 6.18 Å². The van der Waals surface area contributed by atoms with Crippen molar-refractivity contribution in [2.75, 3.05) is 14.2 Å². The van der Waals surface area contributed by atoms with Crippen molar-refractivity contribution >= 4 is 0 Å². The van der Waals surface area contributed by atoms with E-state index in [1.165, 1.54) is 14.2 Å². The molecule has 18 heavy (non-hydrogen) atoms. The molecule has 1 aromatic carbocycles. The minimum atomic E-state index is -4.33. The summed E-state index contributed by atoms with van der Waals surface area (Å²) < 4.78 is 47.3. The molecule has 102 valence electrons. The average molecular weight is 263 g/mol. The first-order valence-electron chi connectivity index (χ1n) is 5.33. The molecule has 2 N–H and O–H groups in total. The predicted molar refractivity (Wildman–Crippen MR) is 61.9 cm³/mol. The van der Waals surface area contributed by atoms with Gasteiger partial charge in [-0.1, -0.05) is 0 Å². The van der Waals surface area contributed by atoms with E-state index in [0.717, 1.165) is 5.56 Å². The van der Waals surface area contributed by atoms with E-state index in [1.807, 2.05) is 0 Å². The van der Waals surface area contributed by atoms with Gasteiger partial charge in [-0.15, -0.1) is 0 Å². The van der Waals surface area contributed by atoms with Gasteiger partial charge in [0.1, 0.15) is 11.5 Å². The molecular weight excluding hydrogens is 247 g/mol. The van der Waals surface area contributed by atoms with Crippen molar-refractivity contribution < 1.29 is 22.6 Å². The highest BCUT2D eigenvalue weighted by molar-refractivity contribution is 5.49. The Morgan fingerprint density at radius 3 is 1.94 bits per heavy atom. The molecule has 0 fully saturated rings. The van der Waals surface area contributed by atoms with Crippen LogP contribution in [0.1, 0.15) is 23.6 Å². The molecule has 0 aromatic heterocycles. The summed E-state index contributed by atoms with van der Waals surface area (Å²) in [6.07, 6.45) is -5.46. The van der Waals surface area contributed by atoms with Gasteiger partial charge in [0.25, 0.3) is 0 Å². The first-order valence-corrected chi connectivity index (χ1v) is 5.33. The number of aryl methyl sites for hydroxylation is 1. The van der Waals surface area contributed by atoms with E-state index in [-0.39, 0.29) is 5.56 Å². The molecule has 0 heterocycles. The maximum Gasteiger partial charge on any atom is 0.390 e. The number of nitrogens with two attached hydrogens (primary N) is 1. The third-order valence-electron chi connectivity index (χ3n) is 2.51. The first kappa shape index (κ1) is 14.6. The van der Waals surface area contributed by atoms with Crippen molar-refractivity contribution in [2.45, 2.75) is 25.6 Å². The molecule has 0 aliphatic heterocycles. The Morgan fingerprint density at radius 1 is 1.17 bits per heavy atom. The number of hydrogen-bond acceptors (Lipinski definition) is 3. The summed E-state index contributed by atoms with van der Waals surface area (Å²) in [6, 6.07) is 2.05. The van der Waals surface area contributed by atoms with Crippen molar-refractivity contribution in [3.05, 3.63) is 23.3 Å². The lowest BCUT2D eigenvalue weighted by molar-refractivity contribution is -0.138. The number of methoxy groups -OCH3 is 2. The fourth-order valence-corrected chi connectivity index (χ4v) is 1.79. The van der Waals surface area contributed by atoms with Crippen LogP contribution in [0, 0.1) is 6.92 Å². The Kier molecular flexibility index (Phi) is 4.45. The molecule has 0 aliphatic rings. The second kappa shape index (κ2) is 5.48. The van der Waals surface area contributed by atoms with Gasteiger partial charge in [-0.3, -0.25) is 0 Å². The van der Waals surface area contributed by atoms with Crippen LogP contribution in [0.2, 0.25) is 0 Å². The highest BCUT2D eigenvalue weighted by Crippen LogP contribution is 2.38. The first-order chi connectivity index (χ1) is 8.28. The zero-order chi connectivity index (χ0) is 13.9. The third-order valence-corrected chi connectivity index (χ3v) is 2.51. The molecule has 0 radical (unpaired) electrons. The minimum absolute atomic E-state index is 0.239. The molecule has 0 saturated heterocycles. The van der Waals surface area contributed by atoms with E-state index >= 15 is 0 Å². The standard InChI is InChI=1S/C12H16F3NO2/c1-7-4-9(17-2)11(10(5-7)18-3)8(16)6-12(13,14)15/h4-5,8H,6,16H2,1-3H3/t8-/m0/s1. The zero-order valence-corrected chi connectivity index (χ0v) is 10.5. The number of benzene rings is 1. The molecule has 0 saturated carbocycles. The van der Waals surface area contributed by atoms with Gasteiger partial charge in [-0.05, 0) is 24.6 Å². The van der Waals surface area contributed by atoms with Gasteiger partial charge in [0, 0.05) is 6.04 Å². The normalized spacial score (nSPS) is 13.3. The topological polar surface area (TPSA) is 44.5 Å². The van der Waals surface area contributed by atoms with E-state index in [1.54, 1.807) is 19.1 Å². The van der Waals surface area contributed by atoms with Crippen LogP contribution in [0.15, 0.2) is 12.1 Å². The molecular formula is C12H16F3NO2. The molecule has 0 spiro atoms. The number of ether oxygens (including phenoxy) is 2. The second-order valence-electron chi connectivity index (χ2n) is 4.01. The van der Waals surface area contributed by atoms with Crippen LogP contribution in [0.3, 0.4) is 0 Å². The molecule has 1 atom stereocenters. The average Bonchev–Trinajstić information content (AvgIpc) is 2.24. The Morgan fingerprint density at radius 2 is 1.61 bits per heavy atom. The quantitative estimate of drug-likeness (QED) is 0.908. The molecule has 0 unspecified atom stereocenters. The number of alkyl halides is 3. The molecule has 3 nitrogen and oxygen atoms in total. The van der Waals surface area contributed by atoms with Gasteiger partial charge in [-0.25, -0.2) is 0 Å².